The van der Waals surface area contributed by atoms with Crippen molar-refractivity contribution in [2.24, 2.45) is 11.8 Å². The highest BCUT2D eigenvalue weighted by Gasteiger charge is 2.63. The number of carbonyl (C=O) groups excluding carboxylic acids is 3. The molecule has 0 spiro atoms. The fraction of sp³-hybridized carbons (Fsp3) is 0.409. The first-order chi connectivity index (χ1) is 14.4. The lowest BCUT2D eigenvalue weighted by Gasteiger charge is -2.50. The van der Waals surface area contributed by atoms with E-state index in [2.05, 4.69) is 0 Å². The van der Waals surface area contributed by atoms with Gasteiger partial charge < -0.3 is 25.5 Å². The van der Waals surface area contributed by atoms with Crippen molar-refractivity contribution in [3.8, 4) is 5.75 Å². The third-order valence-corrected chi connectivity index (χ3v) is 6.68. The number of likely N-dealkylation sites (N-methyl/N-ethyl adjacent to an activating group) is 1. The number of hydrogen-bond donors (Lipinski definition) is 5. The molecule has 0 heterocycles. The van der Waals surface area contributed by atoms with Crippen LogP contribution < -0.4 is 0 Å². The maximum atomic E-state index is 13.2. The Kier molecular flexibility index (Phi) is 4.62. The molecule has 9 heteroatoms. The second-order valence-electron chi connectivity index (χ2n) is 8.55. The standard InChI is InChI=1S/C22H23NO8/c1-8(24)13-19(28)16(23(2)3)11-7-10-15(21(30)22(11,31)20(13)29)18(27)14-9(17(10)26)5-4-6-12(14)25/h4-6,10-11,16-17,25-26,28,30-31H,7H2,1-3H3/t10-,11-,16-,17+,22+/m0/s1. The topological polar surface area (TPSA) is 156 Å². The average Bonchev–Trinajstić information content (AvgIpc) is 2.68. The summed E-state index contributed by atoms with van der Waals surface area (Å²) < 4.78 is 0. The molecule has 3 aliphatic rings. The Bertz CT molecular complexity index is 1100. The summed E-state index contributed by atoms with van der Waals surface area (Å²) in [5, 5.41) is 54.4. The first-order valence-electron chi connectivity index (χ1n) is 9.80. The first-order valence-corrected chi connectivity index (χ1v) is 9.80. The molecule has 0 saturated carbocycles. The van der Waals surface area contributed by atoms with E-state index >= 15 is 0 Å². The minimum Gasteiger partial charge on any atom is -0.510 e. The molecule has 31 heavy (non-hydrogen) atoms. The van der Waals surface area contributed by atoms with E-state index < -0.39 is 69.8 Å². The van der Waals surface area contributed by atoms with Gasteiger partial charge in [-0.2, -0.15) is 0 Å². The molecule has 0 aliphatic heterocycles. The Balaban J connectivity index is 2.01. The first kappa shape index (κ1) is 21.2. The molecule has 0 saturated heterocycles. The summed E-state index contributed by atoms with van der Waals surface area (Å²) in [5.74, 6) is -6.84. The number of ketones is 3. The quantitative estimate of drug-likeness (QED) is 0.427. The molecule has 5 atom stereocenters. The lowest BCUT2D eigenvalue weighted by Crippen LogP contribution is -2.63. The van der Waals surface area contributed by atoms with Crippen LogP contribution in [0.1, 0.15) is 35.4 Å². The van der Waals surface area contributed by atoms with Crippen molar-refractivity contribution in [2.45, 2.75) is 31.1 Å². The summed E-state index contributed by atoms with van der Waals surface area (Å²) in [6.45, 7) is 1.06. The van der Waals surface area contributed by atoms with Gasteiger partial charge in [0.2, 0.25) is 5.78 Å². The van der Waals surface area contributed by atoms with Crippen molar-refractivity contribution in [1.82, 2.24) is 4.90 Å². The molecule has 1 aromatic carbocycles. The number of aliphatic hydroxyl groups is 4. The van der Waals surface area contributed by atoms with Crippen LogP contribution in [0, 0.1) is 11.8 Å². The van der Waals surface area contributed by atoms with Crippen molar-refractivity contribution in [1.29, 1.82) is 0 Å². The zero-order valence-corrected chi connectivity index (χ0v) is 17.2. The largest absolute Gasteiger partial charge is 0.510 e. The molecule has 4 rings (SSSR count). The Hall–Kier alpha value is -3.01. The maximum absolute atomic E-state index is 13.2. The predicted octanol–water partition coefficient (Wildman–Crippen LogP) is 0.715. The molecular formula is C22H23NO8. The highest BCUT2D eigenvalue weighted by molar-refractivity contribution is 6.25. The summed E-state index contributed by atoms with van der Waals surface area (Å²) in [6.07, 6.45) is -1.44. The SMILES string of the molecule is CC(=O)C1=C(O)[C@@H](N(C)C)[C@@H]2C[C@H]3C(=C(O)[C@]2(O)C1=O)C(=O)c1c(O)cccc1[C@H]3O. The fourth-order valence-corrected chi connectivity index (χ4v) is 5.31. The van der Waals surface area contributed by atoms with Crippen molar-refractivity contribution in [3.63, 3.8) is 0 Å². The van der Waals surface area contributed by atoms with Crippen LogP contribution in [-0.2, 0) is 9.59 Å². The molecular weight excluding hydrogens is 406 g/mol. The van der Waals surface area contributed by atoms with Gasteiger partial charge in [-0.3, -0.25) is 19.3 Å². The van der Waals surface area contributed by atoms with E-state index in [9.17, 15) is 39.9 Å². The molecule has 9 nitrogen and oxygen atoms in total. The van der Waals surface area contributed by atoms with E-state index in [0.717, 1.165) is 6.92 Å². The Morgan fingerprint density at radius 2 is 1.81 bits per heavy atom. The Labute approximate surface area is 177 Å². The number of fused-ring (bicyclic) bond motifs is 3. The second kappa shape index (κ2) is 6.74. The van der Waals surface area contributed by atoms with Crippen LogP contribution >= 0.6 is 0 Å². The predicted molar refractivity (Wildman–Crippen MR) is 106 cm³/mol. The maximum Gasteiger partial charge on any atom is 0.209 e. The zero-order valence-electron chi connectivity index (χ0n) is 17.2. The van der Waals surface area contributed by atoms with Gasteiger partial charge in [0.1, 0.15) is 22.8 Å². The number of aromatic hydroxyl groups is 1. The van der Waals surface area contributed by atoms with E-state index in [1.807, 2.05) is 0 Å². The minimum atomic E-state index is -2.65. The lowest BCUT2D eigenvalue weighted by atomic mass is 9.58. The van der Waals surface area contributed by atoms with Gasteiger partial charge in [0.05, 0.1) is 17.7 Å². The van der Waals surface area contributed by atoms with Gasteiger partial charge in [-0.25, -0.2) is 0 Å². The number of benzene rings is 1. The molecule has 0 radical (unpaired) electrons. The van der Waals surface area contributed by atoms with Crippen molar-refractivity contribution in [2.75, 3.05) is 14.1 Å². The molecule has 0 bridgehead atoms. The molecule has 0 unspecified atom stereocenters. The van der Waals surface area contributed by atoms with Crippen LogP contribution in [0.15, 0.2) is 40.9 Å². The average molecular weight is 429 g/mol. The van der Waals surface area contributed by atoms with Crippen LogP contribution in [0.2, 0.25) is 0 Å². The molecule has 0 amide bonds. The second-order valence-corrected chi connectivity index (χ2v) is 8.55. The van der Waals surface area contributed by atoms with E-state index in [1.165, 1.54) is 23.1 Å². The Morgan fingerprint density at radius 3 is 2.39 bits per heavy atom. The normalized spacial score (nSPS) is 32.7. The number of Topliss-reactive ketones (excluding diaryl/α,β-unsaturated/α-hetero) is 3. The van der Waals surface area contributed by atoms with Crippen molar-refractivity contribution in [3.05, 3.63) is 52.0 Å². The van der Waals surface area contributed by atoms with Crippen LogP contribution in [-0.4, -0.2) is 73.5 Å². The zero-order chi connectivity index (χ0) is 23.0. The molecule has 5 N–H and O–H groups in total. The monoisotopic (exact) mass is 429 g/mol. The lowest BCUT2D eigenvalue weighted by molar-refractivity contribution is -0.149. The van der Waals surface area contributed by atoms with Crippen LogP contribution in [0.5, 0.6) is 5.75 Å². The number of rotatable bonds is 2. The molecule has 0 aromatic heterocycles. The summed E-state index contributed by atoms with van der Waals surface area (Å²) in [4.78, 5) is 40.0. The van der Waals surface area contributed by atoms with Gasteiger partial charge in [-0.1, -0.05) is 12.1 Å². The molecule has 0 fully saturated rings. The van der Waals surface area contributed by atoms with Gasteiger partial charge in [-0.15, -0.1) is 0 Å². The Morgan fingerprint density at radius 1 is 1.16 bits per heavy atom. The van der Waals surface area contributed by atoms with Crippen molar-refractivity contribution < 1.29 is 39.9 Å². The van der Waals surface area contributed by atoms with E-state index in [1.54, 1.807) is 14.1 Å². The van der Waals surface area contributed by atoms with E-state index in [0.29, 0.717) is 0 Å². The van der Waals surface area contributed by atoms with Gasteiger partial charge in [0.15, 0.2) is 17.2 Å². The summed E-state index contributed by atoms with van der Waals surface area (Å²) in [5.41, 5.74) is -3.71. The number of phenols is 1. The van der Waals surface area contributed by atoms with Crippen LogP contribution in [0.3, 0.4) is 0 Å². The minimum absolute atomic E-state index is 0.137. The number of aliphatic hydroxyl groups excluding tert-OH is 3. The van der Waals surface area contributed by atoms with Gasteiger partial charge in [0, 0.05) is 17.4 Å². The highest BCUT2D eigenvalue weighted by atomic mass is 16.3. The molecule has 1 aromatic rings. The van der Waals surface area contributed by atoms with Crippen LogP contribution in [0.4, 0.5) is 0 Å². The van der Waals surface area contributed by atoms with Gasteiger partial charge >= 0.3 is 0 Å². The molecule has 164 valence electrons. The smallest absolute Gasteiger partial charge is 0.209 e. The third-order valence-electron chi connectivity index (χ3n) is 6.68. The fourth-order valence-electron chi connectivity index (χ4n) is 5.31. The number of phenolic OH excluding ortho intramolecular Hbond substituents is 1. The molecule has 3 aliphatic carbocycles. The number of nitrogens with zero attached hydrogens (tertiary/aromatic N) is 1. The third kappa shape index (κ3) is 2.57. The summed E-state index contributed by atoms with van der Waals surface area (Å²) in [6, 6.07) is 3.17. The summed E-state index contributed by atoms with van der Waals surface area (Å²) >= 11 is 0. The number of carbonyl (C=O) groups is 3. The summed E-state index contributed by atoms with van der Waals surface area (Å²) in [7, 11) is 3.14. The highest BCUT2D eigenvalue weighted by Crippen LogP contribution is 2.54. The van der Waals surface area contributed by atoms with E-state index in [4.69, 9.17) is 0 Å². The van der Waals surface area contributed by atoms with Gasteiger partial charge in [0.25, 0.3) is 0 Å². The number of hydrogen-bond acceptors (Lipinski definition) is 9. The van der Waals surface area contributed by atoms with E-state index in [-0.39, 0.29) is 23.1 Å². The van der Waals surface area contributed by atoms with Crippen molar-refractivity contribution >= 4 is 17.3 Å². The van der Waals surface area contributed by atoms with Gasteiger partial charge in [-0.05, 0) is 39.1 Å². The van der Waals surface area contributed by atoms with Crippen LogP contribution in [0.25, 0.3) is 0 Å².